The van der Waals surface area contributed by atoms with E-state index >= 15 is 0 Å². The number of esters is 1. The van der Waals surface area contributed by atoms with Crippen LogP contribution in [0.25, 0.3) is 0 Å². The molecule has 0 atom stereocenters. The average molecular weight is 252 g/mol. The molecule has 0 aliphatic heterocycles. The zero-order chi connectivity index (χ0) is 13.5. The number of rotatable bonds is 6. The van der Waals surface area contributed by atoms with E-state index in [2.05, 4.69) is 0 Å². The van der Waals surface area contributed by atoms with E-state index in [1.807, 2.05) is 13.8 Å². The summed E-state index contributed by atoms with van der Waals surface area (Å²) in [6.07, 6.45) is 0.877. The molecule has 18 heavy (non-hydrogen) atoms. The van der Waals surface area contributed by atoms with E-state index in [0.717, 1.165) is 5.56 Å². The Morgan fingerprint density at radius 1 is 1.39 bits per heavy atom. The molecule has 0 fully saturated rings. The number of carbonyl (C=O) groups excluding carboxylic acids is 1. The quantitative estimate of drug-likeness (QED) is 0.791. The monoisotopic (exact) mass is 252 g/mol. The second kappa shape index (κ2) is 6.89. The number of hydrogen-bond acceptors (Lipinski definition) is 4. The van der Waals surface area contributed by atoms with Gasteiger partial charge in [0.1, 0.15) is 11.5 Å². The molecule has 1 aromatic carbocycles. The van der Waals surface area contributed by atoms with Gasteiger partial charge in [0, 0.05) is 12.5 Å². The lowest BCUT2D eigenvalue weighted by Gasteiger charge is -2.14. The Bertz CT molecular complexity index is 399. The van der Waals surface area contributed by atoms with Gasteiger partial charge in [-0.3, -0.25) is 4.79 Å². The number of phenols is 1. The molecule has 0 spiro atoms. The van der Waals surface area contributed by atoms with E-state index in [1.54, 1.807) is 25.1 Å². The first kappa shape index (κ1) is 14.4. The Morgan fingerprint density at radius 3 is 2.72 bits per heavy atom. The first-order valence-corrected chi connectivity index (χ1v) is 6.17. The number of hydrogen-bond donors (Lipinski definition) is 1. The summed E-state index contributed by atoms with van der Waals surface area (Å²) in [5.41, 5.74) is 0.898. The highest BCUT2D eigenvalue weighted by Gasteiger charge is 2.10. The van der Waals surface area contributed by atoms with E-state index in [1.165, 1.54) is 0 Å². The average Bonchev–Trinajstić information content (AvgIpc) is 2.27. The normalized spacial score (nSPS) is 10.4. The van der Waals surface area contributed by atoms with Crippen LogP contribution in [0.1, 0.15) is 32.8 Å². The van der Waals surface area contributed by atoms with Crippen LogP contribution in [0.5, 0.6) is 11.5 Å². The van der Waals surface area contributed by atoms with Crippen molar-refractivity contribution >= 4 is 5.97 Å². The van der Waals surface area contributed by atoms with Crippen LogP contribution in [0, 0.1) is 0 Å². The minimum atomic E-state index is -0.221. The lowest BCUT2D eigenvalue weighted by Crippen LogP contribution is -2.09. The van der Waals surface area contributed by atoms with Gasteiger partial charge in [-0.1, -0.05) is 6.07 Å². The maximum absolute atomic E-state index is 11.3. The van der Waals surface area contributed by atoms with Crippen LogP contribution < -0.4 is 4.74 Å². The fraction of sp³-hybridized carbons (Fsp3) is 0.500. The van der Waals surface area contributed by atoms with Crippen LogP contribution in [0.3, 0.4) is 0 Å². The maximum atomic E-state index is 11.3. The van der Waals surface area contributed by atoms with Gasteiger partial charge in [-0.25, -0.2) is 0 Å². The van der Waals surface area contributed by atoms with Crippen molar-refractivity contribution in [1.29, 1.82) is 0 Å². The Kier molecular flexibility index (Phi) is 5.49. The molecule has 1 aromatic rings. The third-order valence-corrected chi connectivity index (χ3v) is 2.32. The first-order chi connectivity index (χ1) is 8.52. The molecule has 4 nitrogen and oxygen atoms in total. The zero-order valence-electron chi connectivity index (χ0n) is 11.1. The second-order valence-electron chi connectivity index (χ2n) is 4.26. The Labute approximate surface area is 108 Å². The molecule has 0 heterocycles. The molecule has 0 aliphatic carbocycles. The number of ether oxygens (including phenoxy) is 2. The smallest absolute Gasteiger partial charge is 0.306 e. The highest BCUT2D eigenvalue weighted by molar-refractivity contribution is 5.69. The van der Waals surface area contributed by atoms with Gasteiger partial charge >= 0.3 is 5.97 Å². The summed E-state index contributed by atoms with van der Waals surface area (Å²) in [7, 11) is 0. The van der Waals surface area contributed by atoms with Crippen molar-refractivity contribution < 1.29 is 19.4 Å². The fourth-order valence-electron chi connectivity index (χ4n) is 1.58. The molecule has 100 valence electrons. The summed E-state index contributed by atoms with van der Waals surface area (Å²) in [6.45, 7) is 6.01. The van der Waals surface area contributed by atoms with Crippen LogP contribution >= 0.6 is 0 Å². The van der Waals surface area contributed by atoms with E-state index in [4.69, 9.17) is 9.47 Å². The van der Waals surface area contributed by atoms with Gasteiger partial charge in [-0.2, -0.15) is 0 Å². The van der Waals surface area contributed by atoms with Crippen molar-refractivity contribution in [3.63, 3.8) is 0 Å². The molecule has 0 unspecified atom stereocenters. The summed E-state index contributed by atoms with van der Waals surface area (Å²) >= 11 is 0. The van der Waals surface area contributed by atoms with Gasteiger partial charge in [0.05, 0.1) is 12.7 Å². The first-order valence-electron chi connectivity index (χ1n) is 6.17. The minimum Gasteiger partial charge on any atom is -0.508 e. The van der Waals surface area contributed by atoms with Crippen LogP contribution in [0.2, 0.25) is 0 Å². The van der Waals surface area contributed by atoms with Gasteiger partial charge in [-0.05, 0) is 38.8 Å². The van der Waals surface area contributed by atoms with Crippen LogP contribution in [-0.2, 0) is 16.0 Å². The SMILES string of the molecule is CCOC(=O)CCc1ccc(O)cc1OC(C)C. The van der Waals surface area contributed by atoms with Gasteiger partial charge < -0.3 is 14.6 Å². The van der Waals surface area contributed by atoms with E-state index < -0.39 is 0 Å². The van der Waals surface area contributed by atoms with Crippen LogP contribution in [0.4, 0.5) is 0 Å². The molecule has 1 rings (SSSR count). The second-order valence-corrected chi connectivity index (χ2v) is 4.26. The van der Waals surface area contributed by atoms with Gasteiger partial charge in [0.2, 0.25) is 0 Å². The molecule has 0 aliphatic rings. The number of phenolic OH excluding ortho intramolecular Hbond substituents is 1. The summed E-state index contributed by atoms with van der Waals surface area (Å²) in [5, 5.41) is 9.44. The molecule has 4 heteroatoms. The van der Waals surface area contributed by atoms with Gasteiger partial charge in [-0.15, -0.1) is 0 Å². The molecule has 1 N–H and O–H groups in total. The molecule has 0 saturated carbocycles. The lowest BCUT2D eigenvalue weighted by molar-refractivity contribution is -0.143. The Hall–Kier alpha value is -1.71. The topological polar surface area (TPSA) is 55.8 Å². The predicted octanol–water partition coefficient (Wildman–Crippen LogP) is 2.68. The minimum absolute atomic E-state index is 0.0214. The number of benzene rings is 1. The van der Waals surface area contributed by atoms with Crippen LogP contribution in [-0.4, -0.2) is 23.8 Å². The van der Waals surface area contributed by atoms with Crippen LogP contribution in [0.15, 0.2) is 18.2 Å². The Balaban J connectivity index is 2.71. The number of aromatic hydroxyl groups is 1. The van der Waals surface area contributed by atoms with Crippen molar-refractivity contribution in [1.82, 2.24) is 0 Å². The molecule has 0 aromatic heterocycles. The van der Waals surface area contributed by atoms with Crippen molar-refractivity contribution in [3.8, 4) is 11.5 Å². The molecule has 0 amide bonds. The standard InChI is InChI=1S/C14H20O4/c1-4-17-14(16)8-6-11-5-7-12(15)9-13(11)18-10(2)3/h5,7,9-10,15H,4,6,8H2,1-3H3. The van der Waals surface area contributed by atoms with Gasteiger partial charge in [0.15, 0.2) is 0 Å². The summed E-state index contributed by atoms with van der Waals surface area (Å²) in [6, 6.07) is 4.93. The summed E-state index contributed by atoms with van der Waals surface area (Å²) in [5.74, 6) is 0.556. The molecule has 0 radical (unpaired) electrons. The van der Waals surface area contributed by atoms with Crippen molar-refractivity contribution in [2.24, 2.45) is 0 Å². The summed E-state index contributed by atoms with van der Waals surface area (Å²) < 4.78 is 10.5. The van der Waals surface area contributed by atoms with E-state index in [-0.39, 0.29) is 17.8 Å². The molecular formula is C14H20O4. The molecular weight excluding hydrogens is 232 g/mol. The summed E-state index contributed by atoms with van der Waals surface area (Å²) in [4.78, 5) is 11.3. The highest BCUT2D eigenvalue weighted by Crippen LogP contribution is 2.26. The van der Waals surface area contributed by atoms with Gasteiger partial charge in [0.25, 0.3) is 0 Å². The molecule has 0 saturated heterocycles. The van der Waals surface area contributed by atoms with E-state index in [0.29, 0.717) is 25.2 Å². The number of aryl methyl sites for hydroxylation is 1. The third-order valence-electron chi connectivity index (χ3n) is 2.32. The van der Waals surface area contributed by atoms with Crippen molar-refractivity contribution in [2.45, 2.75) is 39.7 Å². The third kappa shape index (κ3) is 4.65. The van der Waals surface area contributed by atoms with Crippen molar-refractivity contribution in [2.75, 3.05) is 6.61 Å². The lowest BCUT2D eigenvalue weighted by atomic mass is 10.1. The molecule has 0 bridgehead atoms. The maximum Gasteiger partial charge on any atom is 0.306 e. The fourth-order valence-corrected chi connectivity index (χ4v) is 1.58. The highest BCUT2D eigenvalue weighted by atomic mass is 16.5. The predicted molar refractivity (Wildman–Crippen MR) is 68.8 cm³/mol. The Morgan fingerprint density at radius 2 is 2.11 bits per heavy atom. The zero-order valence-corrected chi connectivity index (χ0v) is 11.1. The van der Waals surface area contributed by atoms with Crippen molar-refractivity contribution in [3.05, 3.63) is 23.8 Å². The number of carbonyl (C=O) groups is 1. The largest absolute Gasteiger partial charge is 0.508 e. The van der Waals surface area contributed by atoms with E-state index in [9.17, 15) is 9.90 Å².